The molecule has 1 saturated heterocycles. The second kappa shape index (κ2) is 4.42. The Hall–Kier alpha value is -0.870. The van der Waals surface area contributed by atoms with Crippen LogP contribution in [0.3, 0.4) is 0 Å². The van der Waals surface area contributed by atoms with Crippen molar-refractivity contribution in [3.8, 4) is 0 Å². The van der Waals surface area contributed by atoms with Crippen LogP contribution >= 0.6 is 11.3 Å². The lowest BCUT2D eigenvalue weighted by atomic mass is 9.79. The van der Waals surface area contributed by atoms with Gasteiger partial charge in [0.1, 0.15) is 0 Å². The average molecular weight is 252 g/mol. The Labute approximate surface area is 107 Å². The third kappa shape index (κ3) is 2.38. The van der Waals surface area contributed by atoms with Crippen molar-refractivity contribution in [1.82, 2.24) is 4.90 Å². The van der Waals surface area contributed by atoms with Crippen LogP contribution in [-0.2, 0) is 0 Å². The van der Waals surface area contributed by atoms with E-state index in [0.717, 1.165) is 30.0 Å². The Morgan fingerprint density at radius 1 is 1.59 bits per heavy atom. The molecule has 3 nitrogen and oxygen atoms in total. The molecule has 0 radical (unpaired) electrons. The van der Waals surface area contributed by atoms with E-state index < -0.39 is 0 Å². The summed E-state index contributed by atoms with van der Waals surface area (Å²) in [5.74, 6) is 0.164. The summed E-state index contributed by atoms with van der Waals surface area (Å²) >= 11 is 1.53. The van der Waals surface area contributed by atoms with Crippen LogP contribution in [0.25, 0.3) is 0 Å². The van der Waals surface area contributed by atoms with E-state index in [-0.39, 0.29) is 17.4 Å². The Morgan fingerprint density at radius 3 is 2.82 bits per heavy atom. The van der Waals surface area contributed by atoms with Gasteiger partial charge in [0, 0.05) is 19.1 Å². The van der Waals surface area contributed by atoms with Gasteiger partial charge in [-0.2, -0.15) is 0 Å². The van der Waals surface area contributed by atoms with Gasteiger partial charge in [-0.1, -0.05) is 13.8 Å². The number of nitrogens with zero attached hydrogens (tertiary/aromatic N) is 1. The van der Waals surface area contributed by atoms with E-state index in [4.69, 9.17) is 5.73 Å². The standard InChI is InChI=1S/C13H20N2OS/c1-9-5-7-17-11(9)12(16)15-6-4-10(14)13(2,3)8-15/h5,7,10H,4,6,8,14H2,1-3H3. The van der Waals surface area contributed by atoms with Crippen molar-refractivity contribution in [2.24, 2.45) is 11.1 Å². The van der Waals surface area contributed by atoms with Crippen LogP contribution in [-0.4, -0.2) is 29.9 Å². The van der Waals surface area contributed by atoms with Crippen LogP contribution in [0.4, 0.5) is 0 Å². The van der Waals surface area contributed by atoms with E-state index in [0.29, 0.717) is 0 Å². The topological polar surface area (TPSA) is 46.3 Å². The number of carbonyl (C=O) groups is 1. The molecule has 1 unspecified atom stereocenters. The van der Waals surface area contributed by atoms with E-state index in [9.17, 15) is 4.79 Å². The largest absolute Gasteiger partial charge is 0.337 e. The molecule has 1 aromatic rings. The van der Waals surface area contributed by atoms with Crippen LogP contribution in [0.15, 0.2) is 11.4 Å². The van der Waals surface area contributed by atoms with Gasteiger partial charge in [0.15, 0.2) is 0 Å². The minimum atomic E-state index is 0.0130. The molecule has 4 heteroatoms. The molecule has 2 rings (SSSR count). The van der Waals surface area contributed by atoms with Crippen molar-refractivity contribution in [2.75, 3.05) is 13.1 Å². The Morgan fingerprint density at radius 2 is 2.29 bits per heavy atom. The summed E-state index contributed by atoms with van der Waals surface area (Å²) in [4.78, 5) is 15.2. The second-order valence-electron chi connectivity index (χ2n) is 5.54. The summed E-state index contributed by atoms with van der Waals surface area (Å²) in [7, 11) is 0. The molecule has 2 heterocycles. The van der Waals surface area contributed by atoms with Gasteiger partial charge in [0.25, 0.3) is 5.91 Å². The summed E-state index contributed by atoms with van der Waals surface area (Å²) in [6.07, 6.45) is 0.892. The molecule has 1 aliphatic rings. The fourth-order valence-electron chi connectivity index (χ4n) is 2.28. The van der Waals surface area contributed by atoms with Crippen LogP contribution in [0.2, 0.25) is 0 Å². The lowest BCUT2D eigenvalue weighted by molar-refractivity contribution is 0.0537. The third-order valence-electron chi connectivity index (χ3n) is 3.66. The summed E-state index contributed by atoms with van der Waals surface area (Å²) in [6, 6.07) is 2.19. The second-order valence-corrected chi connectivity index (χ2v) is 6.46. The number of carbonyl (C=O) groups excluding carboxylic acids is 1. The van der Waals surface area contributed by atoms with Gasteiger partial charge in [-0.05, 0) is 35.8 Å². The minimum Gasteiger partial charge on any atom is -0.337 e. The maximum atomic E-state index is 12.4. The third-order valence-corrected chi connectivity index (χ3v) is 4.66. The maximum Gasteiger partial charge on any atom is 0.264 e. The molecule has 1 amide bonds. The summed E-state index contributed by atoms with van der Waals surface area (Å²) in [5, 5.41) is 1.98. The normalized spacial score (nSPS) is 23.8. The highest BCUT2D eigenvalue weighted by molar-refractivity contribution is 7.12. The fraction of sp³-hybridized carbons (Fsp3) is 0.615. The van der Waals surface area contributed by atoms with E-state index in [2.05, 4.69) is 13.8 Å². The smallest absolute Gasteiger partial charge is 0.264 e. The molecular weight excluding hydrogens is 232 g/mol. The molecule has 0 spiro atoms. The van der Waals surface area contributed by atoms with Crippen molar-refractivity contribution < 1.29 is 4.79 Å². The predicted molar refractivity (Wildman–Crippen MR) is 71.3 cm³/mol. The first-order chi connectivity index (χ1) is 7.92. The highest BCUT2D eigenvalue weighted by atomic mass is 32.1. The lowest BCUT2D eigenvalue weighted by Gasteiger charge is -2.42. The Bertz CT molecular complexity index is 425. The van der Waals surface area contributed by atoms with Gasteiger partial charge in [-0.3, -0.25) is 4.79 Å². The Balaban J connectivity index is 2.15. The summed E-state index contributed by atoms with van der Waals surface area (Å²) in [6.45, 7) is 7.80. The van der Waals surface area contributed by atoms with E-state index >= 15 is 0 Å². The zero-order valence-corrected chi connectivity index (χ0v) is 11.5. The number of aryl methyl sites for hydroxylation is 1. The molecule has 1 aliphatic heterocycles. The molecule has 0 saturated carbocycles. The monoisotopic (exact) mass is 252 g/mol. The molecule has 17 heavy (non-hydrogen) atoms. The first-order valence-electron chi connectivity index (χ1n) is 6.01. The lowest BCUT2D eigenvalue weighted by Crippen LogP contribution is -2.53. The van der Waals surface area contributed by atoms with Crippen LogP contribution in [0.1, 0.15) is 35.5 Å². The molecule has 1 aromatic heterocycles. The molecule has 1 fully saturated rings. The molecular formula is C13H20N2OS. The van der Waals surface area contributed by atoms with Gasteiger partial charge >= 0.3 is 0 Å². The number of likely N-dealkylation sites (tertiary alicyclic amines) is 1. The Kier molecular flexibility index (Phi) is 3.27. The van der Waals surface area contributed by atoms with Gasteiger partial charge in [0.05, 0.1) is 4.88 Å². The van der Waals surface area contributed by atoms with Gasteiger partial charge in [0.2, 0.25) is 0 Å². The van der Waals surface area contributed by atoms with E-state index in [1.54, 1.807) is 0 Å². The first kappa shape index (κ1) is 12.6. The van der Waals surface area contributed by atoms with Gasteiger partial charge < -0.3 is 10.6 Å². The molecule has 1 atom stereocenters. The van der Waals surface area contributed by atoms with Crippen molar-refractivity contribution in [3.63, 3.8) is 0 Å². The number of hydrogen-bond donors (Lipinski definition) is 1. The maximum absolute atomic E-state index is 12.4. The highest BCUT2D eigenvalue weighted by Crippen LogP contribution is 2.29. The zero-order chi connectivity index (χ0) is 12.6. The molecule has 94 valence electrons. The number of rotatable bonds is 1. The molecule has 2 N–H and O–H groups in total. The first-order valence-corrected chi connectivity index (χ1v) is 6.89. The summed E-state index contributed by atoms with van der Waals surface area (Å²) in [5.41, 5.74) is 7.18. The average Bonchev–Trinajstić information content (AvgIpc) is 2.67. The van der Waals surface area contributed by atoms with Gasteiger partial charge in [-0.15, -0.1) is 11.3 Å². The van der Waals surface area contributed by atoms with Crippen molar-refractivity contribution in [1.29, 1.82) is 0 Å². The number of thiophene rings is 1. The van der Waals surface area contributed by atoms with E-state index in [1.165, 1.54) is 11.3 Å². The predicted octanol–water partition coefficient (Wildman–Crippen LogP) is 2.26. The number of amides is 1. The summed E-state index contributed by atoms with van der Waals surface area (Å²) < 4.78 is 0. The SMILES string of the molecule is Cc1ccsc1C(=O)N1CCC(N)C(C)(C)C1. The van der Waals surface area contributed by atoms with Crippen LogP contribution in [0, 0.1) is 12.3 Å². The van der Waals surface area contributed by atoms with Crippen molar-refractivity contribution in [2.45, 2.75) is 33.2 Å². The van der Waals surface area contributed by atoms with Crippen LogP contribution in [0.5, 0.6) is 0 Å². The minimum absolute atomic E-state index is 0.0130. The van der Waals surface area contributed by atoms with E-state index in [1.807, 2.05) is 23.3 Å². The molecule has 0 aliphatic carbocycles. The quantitative estimate of drug-likeness (QED) is 0.833. The highest BCUT2D eigenvalue weighted by Gasteiger charge is 2.35. The number of piperidine rings is 1. The van der Waals surface area contributed by atoms with Crippen LogP contribution < -0.4 is 5.73 Å². The zero-order valence-electron chi connectivity index (χ0n) is 10.7. The fourth-order valence-corrected chi connectivity index (χ4v) is 3.17. The number of nitrogens with two attached hydrogens (primary N) is 1. The van der Waals surface area contributed by atoms with Crippen molar-refractivity contribution >= 4 is 17.2 Å². The van der Waals surface area contributed by atoms with Gasteiger partial charge in [-0.25, -0.2) is 0 Å². The molecule has 0 aromatic carbocycles. The van der Waals surface area contributed by atoms with Crippen molar-refractivity contribution in [3.05, 3.63) is 21.9 Å². The number of hydrogen-bond acceptors (Lipinski definition) is 3. The molecule has 0 bridgehead atoms.